The molecule has 0 atom stereocenters. The van der Waals surface area contributed by atoms with Crippen LogP contribution in [0, 0.1) is 31.0 Å². The van der Waals surface area contributed by atoms with Crippen LogP contribution < -0.4 is 10.6 Å². The second-order valence-corrected chi connectivity index (χ2v) is 5.90. The smallest absolute Gasteiger partial charge is 0.191 e. The van der Waals surface area contributed by atoms with E-state index < -0.39 is 0 Å². The average molecular weight is 338 g/mol. The van der Waals surface area contributed by atoms with Crippen molar-refractivity contribution in [2.45, 2.75) is 33.9 Å². The van der Waals surface area contributed by atoms with Crippen LogP contribution in [-0.2, 0) is 13.1 Å². The molecule has 0 aliphatic rings. The first-order valence-corrected chi connectivity index (χ1v) is 8.30. The number of rotatable bonds is 5. The van der Waals surface area contributed by atoms with E-state index in [1.807, 2.05) is 13.0 Å². The van der Waals surface area contributed by atoms with Crippen LogP contribution >= 0.6 is 0 Å². The van der Waals surface area contributed by atoms with Gasteiger partial charge in [0.2, 0.25) is 0 Å². The van der Waals surface area contributed by atoms with E-state index in [4.69, 9.17) is 5.26 Å². The summed E-state index contributed by atoms with van der Waals surface area (Å²) in [5.41, 5.74) is 4.47. The number of aliphatic imine (C=N–C) groups is 1. The van der Waals surface area contributed by atoms with E-state index in [-0.39, 0.29) is 12.4 Å². The minimum atomic E-state index is -0.354. The Morgan fingerprint density at radius 3 is 2.60 bits per heavy atom. The molecule has 0 aliphatic heterocycles. The van der Waals surface area contributed by atoms with Crippen molar-refractivity contribution in [3.05, 3.63) is 70.0 Å². The van der Waals surface area contributed by atoms with Crippen molar-refractivity contribution >= 4 is 5.96 Å². The van der Waals surface area contributed by atoms with Gasteiger partial charge < -0.3 is 10.6 Å². The molecule has 0 spiro atoms. The van der Waals surface area contributed by atoms with Gasteiger partial charge in [-0.05, 0) is 50.1 Å². The molecule has 2 N–H and O–H groups in total. The van der Waals surface area contributed by atoms with Crippen LogP contribution in [0.2, 0.25) is 0 Å². The third kappa shape index (κ3) is 5.32. The monoisotopic (exact) mass is 338 g/mol. The molecule has 0 radical (unpaired) electrons. The topological polar surface area (TPSA) is 60.2 Å². The van der Waals surface area contributed by atoms with Gasteiger partial charge >= 0.3 is 0 Å². The van der Waals surface area contributed by atoms with E-state index in [1.54, 1.807) is 0 Å². The maximum absolute atomic E-state index is 13.9. The third-order valence-electron chi connectivity index (χ3n) is 3.87. The van der Waals surface area contributed by atoms with Gasteiger partial charge in [-0.25, -0.2) is 9.38 Å². The summed E-state index contributed by atoms with van der Waals surface area (Å²) in [4.78, 5) is 4.43. The zero-order valence-electron chi connectivity index (χ0n) is 14.9. The van der Waals surface area contributed by atoms with E-state index in [0.29, 0.717) is 30.2 Å². The minimum absolute atomic E-state index is 0.170. The van der Waals surface area contributed by atoms with Gasteiger partial charge in [0.05, 0.1) is 18.2 Å². The molecule has 4 nitrogen and oxygen atoms in total. The molecule has 5 heteroatoms. The molecule has 0 heterocycles. The Morgan fingerprint density at radius 1 is 1.12 bits per heavy atom. The van der Waals surface area contributed by atoms with Gasteiger partial charge in [0.25, 0.3) is 0 Å². The minimum Gasteiger partial charge on any atom is -0.357 e. The lowest BCUT2D eigenvalue weighted by molar-refractivity contribution is 0.610. The number of nitrogens with zero attached hydrogens (tertiary/aromatic N) is 2. The van der Waals surface area contributed by atoms with Crippen LogP contribution in [0.15, 0.2) is 41.4 Å². The molecular weight excluding hydrogens is 315 g/mol. The fourth-order valence-corrected chi connectivity index (χ4v) is 2.49. The third-order valence-corrected chi connectivity index (χ3v) is 3.87. The normalized spacial score (nSPS) is 11.1. The van der Waals surface area contributed by atoms with Gasteiger partial charge in [0, 0.05) is 18.7 Å². The Labute approximate surface area is 148 Å². The second-order valence-electron chi connectivity index (χ2n) is 5.90. The summed E-state index contributed by atoms with van der Waals surface area (Å²) in [5, 5.41) is 15.4. The summed E-state index contributed by atoms with van der Waals surface area (Å²) >= 11 is 0. The number of hydrogen-bond donors (Lipinski definition) is 2. The van der Waals surface area contributed by atoms with Crippen molar-refractivity contribution in [3.8, 4) is 6.07 Å². The lowest BCUT2D eigenvalue weighted by atomic mass is 10.1. The number of nitrogens with one attached hydrogen (secondary N) is 2. The second kappa shape index (κ2) is 8.84. The first-order chi connectivity index (χ1) is 12.0. The fourth-order valence-electron chi connectivity index (χ4n) is 2.49. The van der Waals surface area contributed by atoms with Crippen molar-refractivity contribution in [2.75, 3.05) is 6.54 Å². The summed E-state index contributed by atoms with van der Waals surface area (Å²) in [5.74, 6) is 0.261. The molecule has 130 valence electrons. The predicted molar refractivity (Wildman–Crippen MR) is 98.7 cm³/mol. The zero-order valence-corrected chi connectivity index (χ0v) is 14.9. The molecule has 0 bridgehead atoms. The summed E-state index contributed by atoms with van der Waals surface area (Å²) in [6.45, 7) is 7.64. The highest BCUT2D eigenvalue weighted by Gasteiger charge is 2.05. The van der Waals surface area contributed by atoms with Crippen LogP contribution in [0.3, 0.4) is 0 Å². The zero-order chi connectivity index (χ0) is 18.2. The molecule has 0 aliphatic carbocycles. The van der Waals surface area contributed by atoms with Gasteiger partial charge in [-0.3, -0.25) is 0 Å². The van der Waals surface area contributed by atoms with Gasteiger partial charge in [-0.2, -0.15) is 5.26 Å². The Kier molecular flexibility index (Phi) is 6.53. The van der Waals surface area contributed by atoms with Crippen molar-refractivity contribution < 1.29 is 4.39 Å². The Morgan fingerprint density at radius 2 is 1.92 bits per heavy atom. The van der Waals surface area contributed by atoms with E-state index in [2.05, 4.69) is 47.7 Å². The number of guanidine groups is 1. The quantitative estimate of drug-likeness (QED) is 0.647. The highest BCUT2D eigenvalue weighted by molar-refractivity contribution is 5.79. The lowest BCUT2D eigenvalue weighted by Gasteiger charge is -2.13. The summed E-state index contributed by atoms with van der Waals surface area (Å²) < 4.78 is 13.9. The lowest BCUT2D eigenvalue weighted by Crippen LogP contribution is -2.37. The first kappa shape index (κ1) is 18.5. The molecule has 0 amide bonds. The summed E-state index contributed by atoms with van der Waals surface area (Å²) in [6, 6.07) is 12.6. The van der Waals surface area contributed by atoms with E-state index in [9.17, 15) is 4.39 Å². The maximum Gasteiger partial charge on any atom is 0.191 e. The SMILES string of the molecule is CCNC(=NCc1cc(C#N)ccc1F)NCc1ccc(C)cc1C. The van der Waals surface area contributed by atoms with Gasteiger partial charge in [0.1, 0.15) is 5.82 Å². The molecule has 0 saturated heterocycles. The Balaban J connectivity index is 2.09. The van der Waals surface area contributed by atoms with Crippen molar-refractivity contribution in [1.82, 2.24) is 10.6 Å². The largest absolute Gasteiger partial charge is 0.357 e. The molecule has 2 aromatic carbocycles. The number of hydrogen-bond acceptors (Lipinski definition) is 2. The van der Waals surface area contributed by atoms with Gasteiger partial charge in [-0.15, -0.1) is 0 Å². The van der Waals surface area contributed by atoms with E-state index in [1.165, 1.54) is 34.9 Å². The Hall–Kier alpha value is -2.87. The number of benzene rings is 2. The van der Waals surface area contributed by atoms with Gasteiger partial charge in [-0.1, -0.05) is 23.8 Å². The van der Waals surface area contributed by atoms with Crippen LogP contribution in [0.25, 0.3) is 0 Å². The van der Waals surface area contributed by atoms with Crippen LogP contribution in [0.1, 0.15) is 34.7 Å². The fraction of sp³-hybridized carbons (Fsp3) is 0.300. The highest BCUT2D eigenvalue weighted by atomic mass is 19.1. The number of nitriles is 1. The maximum atomic E-state index is 13.9. The number of halogens is 1. The molecule has 0 fully saturated rings. The standard InChI is InChI=1S/C20H23FN4/c1-4-23-20(24-12-17-7-5-14(2)9-15(17)3)25-13-18-10-16(11-22)6-8-19(18)21/h5-10H,4,12-13H2,1-3H3,(H2,23,24,25). The average Bonchev–Trinajstić information content (AvgIpc) is 2.59. The van der Waals surface area contributed by atoms with Crippen molar-refractivity contribution in [3.63, 3.8) is 0 Å². The van der Waals surface area contributed by atoms with Gasteiger partial charge in [0.15, 0.2) is 5.96 Å². The van der Waals surface area contributed by atoms with Crippen LogP contribution in [0.5, 0.6) is 0 Å². The van der Waals surface area contributed by atoms with Crippen molar-refractivity contribution in [2.24, 2.45) is 4.99 Å². The van der Waals surface area contributed by atoms with Crippen molar-refractivity contribution in [1.29, 1.82) is 5.26 Å². The molecule has 0 saturated carbocycles. The van der Waals surface area contributed by atoms with E-state index >= 15 is 0 Å². The molecule has 0 unspecified atom stereocenters. The summed E-state index contributed by atoms with van der Waals surface area (Å²) in [7, 11) is 0. The van der Waals surface area contributed by atoms with Crippen LogP contribution in [-0.4, -0.2) is 12.5 Å². The molecule has 25 heavy (non-hydrogen) atoms. The van der Waals surface area contributed by atoms with Crippen LogP contribution in [0.4, 0.5) is 4.39 Å². The molecule has 0 aromatic heterocycles. The summed E-state index contributed by atoms with van der Waals surface area (Å²) in [6.07, 6.45) is 0. The highest BCUT2D eigenvalue weighted by Crippen LogP contribution is 2.12. The first-order valence-electron chi connectivity index (χ1n) is 8.30. The van der Waals surface area contributed by atoms with E-state index in [0.717, 1.165) is 0 Å². The molecule has 2 aromatic rings. The number of aryl methyl sites for hydroxylation is 2. The molecule has 2 rings (SSSR count). The predicted octanol–water partition coefficient (Wildman–Crippen LogP) is 3.57. The molecular formula is C20H23FN4. The Bertz CT molecular complexity index is 806.